The number of amides is 10. The van der Waals surface area contributed by atoms with Gasteiger partial charge in [-0.1, -0.05) is 161 Å². The van der Waals surface area contributed by atoms with E-state index < -0.39 is 121 Å². The summed E-state index contributed by atoms with van der Waals surface area (Å²) in [6.45, 7) is 6.22. The highest BCUT2D eigenvalue weighted by Crippen LogP contribution is 2.17. The maximum Gasteiger partial charge on any atom is 0.407 e. The monoisotopic (exact) mass is 1240 g/mol. The molecule has 23 heteroatoms. The molecule has 5 aromatic carbocycles. The number of ether oxygens (including phenoxy) is 3. The molecule has 0 radical (unpaired) electrons. The molecular weight excluding hydrogens is 1150 g/mol. The summed E-state index contributed by atoms with van der Waals surface area (Å²) in [5, 5.41) is 24.3. The van der Waals surface area contributed by atoms with Gasteiger partial charge in [0.05, 0.1) is 19.8 Å². The first-order valence-corrected chi connectivity index (χ1v) is 30.3. The van der Waals surface area contributed by atoms with Gasteiger partial charge < -0.3 is 67.8 Å². The summed E-state index contributed by atoms with van der Waals surface area (Å²) in [6.07, 6.45) is -0.991. The summed E-state index contributed by atoms with van der Waals surface area (Å²) < 4.78 is 17.3. The number of unbranched alkanes of at least 4 members (excludes halogenated alkanes) is 1. The van der Waals surface area contributed by atoms with Gasteiger partial charge in [0.15, 0.2) is 0 Å². The standard InChI is InChI=1S/C67H84N10O13/c1-43(2)35-53-62(82)74-55(36-45-19-9-5-10-20-45)64(84)72-51(27-17-18-34-69-67(87)90-41-49-25-15-8-16-26-49)60(80)70-38-58(79)71-54(37-46-28-30-50(31-29-46)89-40-48-23-13-7-14-24-48)63(83)76-56(42-88-39-47-21-11-6-12-22-47)65(85)73-52(32-33-57(68)78)61(81)77-59(44(3)4)66(86)75-53/h5-16,19-26,28-31,43-44,51-56,59H,17-18,27,32-42H2,1-4H3,(H2,68,78)(H,69,87)(H,70,80)(H,71,79)(H,72,84)(H,73,85)(H,74,82)(H,75,86)(H,76,83)(H,77,81)/t51-,52-,53-,54-,55-,56-,59-/m0/s1. The highest BCUT2D eigenvalue weighted by atomic mass is 16.5. The van der Waals surface area contributed by atoms with Gasteiger partial charge in [-0.3, -0.25) is 43.2 Å². The third-order valence-corrected chi connectivity index (χ3v) is 14.6. The third kappa shape index (κ3) is 24.5. The summed E-state index contributed by atoms with van der Waals surface area (Å²) in [5.41, 5.74) is 9.19. The first-order valence-electron chi connectivity index (χ1n) is 30.3. The maximum atomic E-state index is 14.8. The van der Waals surface area contributed by atoms with Crippen molar-refractivity contribution >= 4 is 59.3 Å². The van der Waals surface area contributed by atoms with Gasteiger partial charge in [0.2, 0.25) is 53.2 Å². The smallest absolute Gasteiger partial charge is 0.407 e. The van der Waals surface area contributed by atoms with Crippen LogP contribution in [0.4, 0.5) is 4.79 Å². The molecule has 6 rings (SSSR count). The largest absolute Gasteiger partial charge is 0.489 e. The lowest BCUT2D eigenvalue weighted by atomic mass is 9.98. The van der Waals surface area contributed by atoms with Crippen molar-refractivity contribution in [2.24, 2.45) is 17.6 Å². The number of hydrogen-bond donors (Lipinski definition) is 10. The van der Waals surface area contributed by atoms with Gasteiger partial charge in [-0.15, -0.1) is 0 Å². The molecule has 1 heterocycles. The molecule has 5 aromatic rings. The number of carbonyl (C=O) groups excluding carboxylic acids is 10. The average Bonchev–Trinajstić information content (AvgIpc) is 1.95. The van der Waals surface area contributed by atoms with Crippen LogP contribution >= 0.6 is 0 Å². The molecule has 1 aliphatic rings. The van der Waals surface area contributed by atoms with E-state index in [-0.39, 0.29) is 77.2 Å². The van der Waals surface area contributed by atoms with E-state index in [0.717, 1.165) is 16.7 Å². The molecule has 23 nitrogen and oxygen atoms in total. The van der Waals surface area contributed by atoms with Gasteiger partial charge in [0.1, 0.15) is 61.3 Å². The first-order chi connectivity index (χ1) is 43.3. The van der Waals surface area contributed by atoms with Gasteiger partial charge in [-0.05, 0) is 83.9 Å². The molecular formula is C67H84N10O13. The van der Waals surface area contributed by atoms with Crippen molar-refractivity contribution < 1.29 is 62.2 Å². The van der Waals surface area contributed by atoms with Gasteiger partial charge in [0.25, 0.3) is 0 Å². The Morgan fingerprint density at radius 3 is 1.52 bits per heavy atom. The lowest BCUT2D eigenvalue weighted by molar-refractivity contribution is -0.137. The van der Waals surface area contributed by atoms with Crippen LogP contribution in [0.5, 0.6) is 5.75 Å². The number of benzene rings is 5. The first kappa shape index (κ1) is 69.5. The molecule has 1 fully saturated rings. The second-order valence-electron chi connectivity index (χ2n) is 22.8. The fraction of sp³-hybridized carbons (Fsp3) is 0.403. The van der Waals surface area contributed by atoms with Crippen molar-refractivity contribution in [3.8, 4) is 5.75 Å². The number of carbonyl (C=O) groups is 10. The van der Waals surface area contributed by atoms with Crippen molar-refractivity contribution in [2.45, 2.75) is 141 Å². The predicted octanol–water partition coefficient (Wildman–Crippen LogP) is 3.86. The quantitative estimate of drug-likeness (QED) is 0.0393. The zero-order chi connectivity index (χ0) is 64.8. The van der Waals surface area contributed by atoms with Gasteiger partial charge >= 0.3 is 6.09 Å². The van der Waals surface area contributed by atoms with E-state index in [4.69, 9.17) is 19.9 Å². The highest BCUT2D eigenvalue weighted by molar-refractivity contribution is 5.98. The molecule has 1 saturated heterocycles. The zero-order valence-corrected chi connectivity index (χ0v) is 51.3. The van der Waals surface area contributed by atoms with Crippen LogP contribution in [-0.2, 0) is 85.3 Å². The summed E-state index contributed by atoms with van der Waals surface area (Å²) in [4.78, 5) is 141. The van der Waals surface area contributed by atoms with Crippen LogP contribution in [0.15, 0.2) is 146 Å². The van der Waals surface area contributed by atoms with Crippen molar-refractivity contribution in [2.75, 3.05) is 19.7 Å². The minimum absolute atomic E-state index is 0.0124. The summed E-state index contributed by atoms with van der Waals surface area (Å²) in [5.74, 6) is -7.80. The number of nitrogens with one attached hydrogen (secondary N) is 9. The zero-order valence-electron chi connectivity index (χ0n) is 51.3. The van der Waals surface area contributed by atoms with E-state index in [2.05, 4.69) is 47.9 Å². The summed E-state index contributed by atoms with van der Waals surface area (Å²) in [7, 11) is 0. The molecule has 7 atom stereocenters. The van der Waals surface area contributed by atoms with Gasteiger partial charge in [-0.2, -0.15) is 0 Å². The second-order valence-corrected chi connectivity index (χ2v) is 22.8. The Bertz CT molecular complexity index is 3140. The van der Waals surface area contributed by atoms with Crippen LogP contribution in [0.2, 0.25) is 0 Å². The molecule has 0 unspecified atom stereocenters. The van der Waals surface area contributed by atoms with Crippen molar-refractivity contribution in [1.29, 1.82) is 0 Å². The van der Waals surface area contributed by atoms with E-state index >= 15 is 0 Å². The van der Waals surface area contributed by atoms with Crippen LogP contribution in [-0.4, -0.2) is 121 Å². The number of nitrogens with two attached hydrogens (primary N) is 1. The minimum Gasteiger partial charge on any atom is -0.489 e. The van der Waals surface area contributed by atoms with E-state index in [1.807, 2.05) is 80.6 Å². The molecule has 11 N–H and O–H groups in total. The number of primary amides is 1. The molecule has 1 aliphatic heterocycles. The normalized spacial score (nSPS) is 20.1. The molecule has 0 saturated carbocycles. The molecule has 90 heavy (non-hydrogen) atoms. The molecule has 10 amide bonds. The Morgan fingerprint density at radius 2 is 0.956 bits per heavy atom. The lowest BCUT2D eigenvalue weighted by Crippen LogP contribution is -2.62. The fourth-order valence-corrected chi connectivity index (χ4v) is 9.66. The molecule has 480 valence electrons. The number of hydrogen-bond acceptors (Lipinski definition) is 13. The Labute approximate surface area is 524 Å². The van der Waals surface area contributed by atoms with E-state index in [9.17, 15) is 47.9 Å². The lowest BCUT2D eigenvalue weighted by Gasteiger charge is -2.30. The van der Waals surface area contributed by atoms with Crippen molar-refractivity contribution in [3.63, 3.8) is 0 Å². The Kier molecular flexibility index (Phi) is 28.3. The summed E-state index contributed by atoms with van der Waals surface area (Å²) >= 11 is 0. The second kappa shape index (κ2) is 36.6. The van der Waals surface area contributed by atoms with Gasteiger partial charge in [-0.25, -0.2) is 4.79 Å². The minimum atomic E-state index is -1.56. The summed E-state index contributed by atoms with van der Waals surface area (Å²) in [6, 6.07) is 33.3. The fourth-order valence-electron chi connectivity index (χ4n) is 9.66. The Hall–Kier alpha value is -9.64. The van der Waals surface area contributed by atoms with Gasteiger partial charge in [0, 0.05) is 25.8 Å². The van der Waals surface area contributed by atoms with Crippen LogP contribution in [0, 0.1) is 11.8 Å². The van der Waals surface area contributed by atoms with Crippen molar-refractivity contribution in [3.05, 3.63) is 173 Å². The van der Waals surface area contributed by atoms with Crippen LogP contribution in [0.3, 0.4) is 0 Å². The Morgan fingerprint density at radius 1 is 0.489 bits per heavy atom. The maximum absolute atomic E-state index is 14.8. The van der Waals surface area contributed by atoms with E-state index in [0.29, 0.717) is 23.3 Å². The highest BCUT2D eigenvalue weighted by Gasteiger charge is 2.36. The average molecular weight is 1240 g/mol. The predicted molar refractivity (Wildman–Crippen MR) is 335 cm³/mol. The van der Waals surface area contributed by atoms with E-state index in [1.54, 1.807) is 92.7 Å². The third-order valence-electron chi connectivity index (χ3n) is 14.6. The SMILES string of the molecule is CC(C)C[C@@H]1NC(=O)[C@H](C(C)C)NC(=O)[C@H](CCC(N)=O)NC(=O)[C@H](COCc2ccccc2)NC(=O)[C@H](Cc2ccc(OCc3ccccc3)cc2)NC(=O)CNC(=O)[C@H](CCCCNC(=O)OCc2ccccc2)NC(=O)[C@H](Cc2ccccc2)NC1=O. The van der Waals surface area contributed by atoms with Crippen molar-refractivity contribution in [1.82, 2.24) is 47.9 Å². The van der Waals surface area contributed by atoms with Crippen LogP contribution < -0.4 is 58.3 Å². The molecule has 0 spiro atoms. The number of alkyl carbamates (subject to hydrolysis) is 1. The van der Waals surface area contributed by atoms with Crippen LogP contribution in [0.1, 0.15) is 94.0 Å². The topological polar surface area (TPSA) is 333 Å². The molecule has 0 aliphatic carbocycles. The molecule has 0 aromatic heterocycles. The number of rotatable bonds is 24. The van der Waals surface area contributed by atoms with Crippen LogP contribution in [0.25, 0.3) is 0 Å². The van der Waals surface area contributed by atoms with E-state index in [1.165, 1.54) is 0 Å². The Balaban J connectivity index is 1.34. The molecule has 0 bridgehead atoms.